The number of carbonyl (C=O) groups excluding carboxylic acids is 1. The quantitative estimate of drug-likeness (QED) is 0.710. The smallest absolute Gasteiger partial charge is 0.305 e. The number of carboxylic acids is 1. The fourth-order valence-corrected chi connectivity index (χ4v) is 1.90. The molecule has 0 bridgehead atoms. The molecule has 1 aromatic carbocycles. The van der Waals surface area contributed by atoms with Gasteiger partial charge >= 0.3 is 5.97 Å². The summed E-state index contributed by atoms with van der Waals surface area (Å²) in [6, 6.07) is 7.77. The molecule has 1 rings (SSSR count). The van der Waals surface area contributed by atoms with Gasteiger partial charge in [-0.05, 0) is 32.4 Å². The highest BCUT2D eigenvalue weighted by atomic mass is 16.5. The summed E-state index contributed by atoms with van der Waals surface area (Å²) >= 11 is 0. The van der Waals surface area contributed by atoms with Crippen LogP contribution in [0.25, 0.3) is 0 Å². The Morgan fingerprint density at radius 3 is 2.43 bits per heavy atom. The van der Waals surface area contributed by atoms with Crippen LogP contribution in [0.5, 0.6) is 5.75 Å². The van der Waals surface area contributed by atoms with Crippen molar-refractivity contribution < 1.29 is 19.4 Å². The molecule has 0 aliphatic rings. The number of aliphatic carboxylic acids is 1. The first-order valence-corrected chi connectivity index (χ1v) is 7.22. The molecule has 0 saturated carbocycles. The number of hydrogen-bond donors (Lipinski definition) is 1. The van der Waals surface area contributed by atoms with Gasteiger partial charge in [-0.2, -0.15) is 0 Å². The lowest BCUT2D eigenvalue weighted by atomic mass is 10.2. The van der Waals surface area contributed by atoms with Gasteiger partial charge in [0.25, 0.3) is 0 Å². The summed E-state index contributed by atoms with van der Waals surface area (Å²) in [5.41, 5.74) is 1.18. The molecule has 5 heteroatoms. The monoisotopic (exact) mass is 293 g/mol. The van der Waals surface area contributed by atoms with Gasteiger partial charge in [0.15, 0.2) is 0 Å². The molecular formula is C16H23NO4. The molecule has 0 radical (unpaired) electrons. The molecule has 21 heavy (non-hydrogen) atoms. The normalized spacial score (nSPS) is 10.2. The third kappa shape index (κ3) is 6.79. The zero-order valence-electron chi connectivity index (χ0n) is 12.7. The second-order valence-corrected chi connectivity index (χ2v) is 4.88. The SMILES string of the molecule is CCN(CCC(=O)O)C(=O)CCCOc1ccc(C)cc1. The molecule has 1 aromatic rings. The average Bonchev–Trinajstić information content (AvgIpc) is 2.46. The van der Waals surface area contributed by atoms with Gasteiger partial charge in [0.1, 0.15) is 5.75 Å². The summed E-state index contributed by atoms with van der Waals surface area (Å²) in [5.74, 6) is -0.110. The maximum Gasteiger partial charge on any atom is 0.305 e. The van der Waals surface area contributed by atoms with E-state index >= 15 is 0 Å². The maximum atomic E-state index is 11.9. The lowest BCUT2D eigenvalue weighted by Crippen LogP contribution is -2.32. The standard InChI is InChI=1S/C16H23NO4/c1-3-17(11-10-16(19)20)15(18)5-4-12-21-14-8-6-13(2)7-9-14/h6-9H,3-5,10-12H2,1-2H3,(H,19,20). The van der Waals surface area contributed by atoms with Crippen molar-refractivity contribution in [2.75, 3.05) is 19.7 Å². The molecule has 0 saturated heterocycles. The third-order valence-electron chi connectivity index (χ3n) is 3.15. The van der Waals surface area contributed by atoms with Crippen LogP contribution in [0.2, 0.25) is 0 Å². The molecule has 0 aliphatic carbocycles. The van der Waals surface area contributed by atoms with Gasteiger partial charge in [-0.15, -0.1) is 0 Å². The van der Waals surface area contributed by atoms with Crippen molar-refractivity contribution in [3.63, 3.8) is 0 Å². The molecule has 1 N–H and O–H groups in total. The minimum absolute atomic E-state index is 0.0144. The molecule has 1 amide bonds. The molecule has 0 heterocycles. The van der Waals surface area contributed by atoms with Crippen molar-refractivity contribution in [3.8, 4) is 5.75 Å². The van der Waals surface area contributed by atoms with Gasteiger partial charge in [-0.3, -0.25) is 9.59 Å². The number of amides is 1. The Labute approximate surface area is 125 Å². The maximum absolute atomic E-state index is 11.9. The molecule has 0 fully saturated rings. The van der Waals surface area contributed by atoms with Crippen LogP contribution in [0.15, 0.2) is 24.3 Å². The zero-order chi connectivity index (χ0) is 15.7. The summed E-state index contributed by atoms with van der Waals surface area (Å²) in [7, 11) is 0. The van der Waals surface area contributed by atoms with Gasteiger partial charge in [-0.25, -0.2) is 0 Å². The third-order valence-corrected chi connectivity index (χ3v) is 3.15. The number of nitrogens with zero attached hydrogens (tertiary/aromatic N) is 1. The number of benzene rings is 1. The largest absolute Gasteiger partial charge is 0.494 e. The lowest BCUT2D eigenvalue weighted by molar-refractivity contribution is -0.138. The van der Waals surface area contributed by atoms with Crippen LogP contribution in [0.3, 0.4) is 0 Å². The number of carbonyl (C=O) groups is 2. The van der Waals surface area contributed by atoms with Crippen LogP contribution in [-0.4, -0.2) is 41.6 Å². The molecule has 0 spiro atoms. The zero-order valence-corrected chi connectivity index (χ0v) is 12.7. The van der Waals surface area contributed by atoms with E-state index in [-0.39, 0.29) is 18.9 Å². The molecular weight excluding hydrogens is 270 g/mol. The van der Waals surface area contributed by atoms with Crippen LogP contribution in [0.4, 0.5) is 0 Å². The highest BCUT2D eigenvalue weighted by Gasteiger charge is 2.12. The fourth-order valence-electron chi connectivity index (χ4n) is 1.90. The highest BCUT2D eigenvalue weighted by Crippen LogP contribution is 2.12. The molecule has 0 aliphatic heterocycles. The lowest BCUT2D eigenvalue weighted by Gasteiger charge is -2.19. The van der Waals surface area contributed by atoms with Crippen LogP contribution in [0, 0.1) is 6.92 Å². The van der Waals surface area contributed by atoms with E-state index in [1.165, 1.54) is 5.56 Å². The van der Waals surface area contributed by atoms with Crippen molar-refractivity contribution in [3.05, 3.63) is 29.8 Å². The van der Waals surface area contributed by atoms with Gasteiger partial charge in [0.05, 0.1) is 13.0 Å². The second kappa shape index (κ2) is 9.00. The van der Waals surface area contributed by atoms with Crippen molar-refractivity contribution >= 4 is 11.9 Å². The van der Waals surface area contributed by atoms with E-state index in [0.29, 0.717) is 26.0 Å². The molecule has 0 aromatic heterocycles. The number of ether oxygens (including phenoxy) is 1. The van der Waals surface area contributed by atoms with Gasteiger partial charge < -0.3 is 14.7 Å². The molecule has 5 nitrogen and oxygen atoms in total. The van der Waals surface area contributed by atoms with Crippen LogP contribution >= 0.6 is 0 Å². The Morgan fingerprint density at radius 2 is 1.86 bits per heavy atom. The predicted molar refractivity (Wildman–Crippen MR) is 80.4 cm³/mol. The number of aryl methyl sites for hydroxylation is 1. The Morgan fingerprint density at radius 1 is 1.19 bits per heavy atom. The van der Waals surface area contributed by atoms with E-state index in [0.717, 1.165) is 5.75 Å². The van der Waals surface area contributed by atoms with E-state index in [2.05, 4.69) is 0 Å². The Kier molecular flexibility index (Phi) is 7.29. The van der Waals surface area contributed by atoms with Crippen LogP contribution in [0.1, 0.15) is 31.7 Å². The topological polar surface area (TPSA) is 66.8 Å². The summed E-state index contributed by atoms with van der Waals surface area (Å²) < 4.78 is 5.56. The first kappa shape index (κ1) is 17.0. The van der Waals surface area contributed by atoms with Crippen molar-refractivity contribution in [2.45, 2.75) is 33.1 Å². The van der Waals surface area contributed by atoms with Crippen molar-refractivity contribution in [1.82, 2.24) is 4.90 Å². The Bertz CT molecular complexity index is 456. The number of rotatable bonds is 9. The first-order valence-electron chi connectivity index (χ1n) is 7.22. The molecule has 0 atom stereocenters. The fraction of sp³-hybridized carbons (Fsp3) is 0.500. The van der Waals surface area contributed by atoms with E-state index in [4.69, 9.17) is 9.84 Å². The number of hydrogen-bond acceptors (Lipinski definition) is 3. The van der Waals surface area contributed by atoms with Crippen LogP contribution < -0.4 is 4.74 Å². The first-order chi connectivity index (χ1) is 10.0. The van der Waals surface area contributed by atoms with Crippen molar-refractivity contribution in [2.24, 2.45) is 0 Å². The van der Waals surface area contributed by atoms with Crippen molar-refractivity contribution in [1.29, 1.82) is 0 Å². The summed E-state index contributed by atoms with van der Waals surface area (Å²) in [5, 5.41) is 8.64. The van der Waals surface area contributed by atoms with Gasteiger partial charge in [0.2, 0.25) is 5.91 Å². The molecule has 0 unspecified atom stereocenters. The highest BCUT2D eigenvalue weighted by molar-refractivity contribution is 5.77. The summed E-state index contributed by atoms with van der Waals surface area (Å²) in [6.07, 6.45) is 0.981. The summed E-state index contributed by atoms with van der Waals surface area (Å²) in [6.45, 7) is 5.14. The van der Waals surface area contributed by atoms with E-state index in [1.807, 2.05) is 38.1 Å². The minimum atomic E-state index is -0.885. The Balaban J connectivity index is 2.25. The van der Waals surface area contributed by atoms with Gasteiger partial charge in [0, 0.05) is 19.5 Å². The number of carboxylic acid groups (broad SMARTS) is 1. The summed E-state index contributed by atoms with van der Waals surface area (Å²) in [4.78, 5) is 24.0. The average molecular weight is 293 g/mol. The van der Waals surface area contributed by atoms with E-state index < -0.39 is 5.97 Å². The Hall–Kier alpha value is -2.04. The van der Waals surface area contributed by atoms with E-state index in [1.54, 1.807) is 4.90 Å². The second-order valence-electron chi connectivity index (χ2n) is 4.88. The molecule has 116 valence electrons. The van der Waals surface area contributed by atoms with Crippen LogP contribution in [-0.2, 0) is 9.59 Å². The van der Waals surface area contributed by atoms with E-state index in [9.17, 15) is 9.59 Å². The predicted octanol–water partition coefficient (Wildman–Crippen LogP) is 2.48. The van der Waals surface area contributed by atoms with Gasteiger partial charge in [-0.1, -0.05) is 17.7 Å². The minimum Gasteiger partial charge on any atom is -0.494 e.